The lowest BCUT2D eigenvalue weighted by Crippen LogP contribution is -2.56. The maximum Gasteiger partial charge on any atom is 0.255 e. The van der Waals surface area contributed by atoms with Crippen LogP contribution >= 0.6 is 11.3 Å². The summed E-state index contributed by atoms with van der Waals surface area (Å²) in [5.41, 5.74) is 6.79. The fourth-order valence-corrected chi connectivity index (χ4v) is 7.24. The van der Waals surface area contributed by atoms with Crippen molar-refractivity contribution in [2.75, 3.05) is 6.54 Å². The van der Waals surface area contributed by atoms with Crippen LogP contribution in [-0.2, 0) is 21.5 Å². The van der Waals surface area contributed by atoms with Gasteiger partial charge in [-0.15, -0.1) is 11.3 Å². The lowest BCUT2D eigenvalue weighted by molar-refractivity contribution is -0.144. The minimum atomic E-state index is -1.97. The van der Waals surface area contributed by atoms with Crippen LogP contribution in [0.5, 0.6) is 0 Å². The molecule has 2 unspecified atom stereocenters. The van der Waals surface area contributed by atoms with Crippen molar-refractivity contribution in [3.63, 3.8) is 0 Å². The molecule has 2 aliphatic rings. The molecule has 234 valence electrons. The Kier molecular flexibility index (Phi) is 8.70. The molecule has 8 nitrogen and oxygen atoms in total. The number of aromatic nitrogens is 1. The molecule has 2 aromatic carbocycles. The first-order valence-corrected chi connectivity index (χ1v) is 16.0. The van der Waals surface area contributed by atoms with Gasteiger partial charge in [0.05, 0.1) is 28.7 Å². The van der Waals surface area contributed by atoms with Crippen LogP contribution in [0, 0.1) is 12.8 Å². The van der Waals surface area contributed by atoms with Gasteiger partial charge in [0, 0.05) is 12.1 Å². The first kappa shape index (κ1) is 31.8. The molecule has 0 radical (unpaired) electrons. The molecule has 0 saturated carbocycles. The average molecular weight is 621 g/mol. The van der Waals surface area contributed by atoms with Gasteiger partial charge in [0.25, 0.3) is 5.91 Å². The number of aryl methyl sites for hydroxylation is 1. The molecule has 5 atom stereocenters. The predicted molar refractivity (Wildman–Crippen MR) is 169 cm³/mol. The first-order valence-electron chi connectivity index (χ1n) is 15.1. The van der Waals surface area contributed by atoms with Gasteiger partial charge >= 0.3 is 0 Å². The SMILES string of the molecule is Cc1ncsc1-c1ccc([C@H](C)NC(=O)C2[C@@H](F)[C@@H](O)CN2C(=O)C(C(C)C)N2Cc3ccccc3C2=O)c(C(C)(C)C)c1. The number of likely N-dealkylation sites (tertiary alicyclic amines) is 1. The van der Waals surface area contributed by atoms with Crippen LogP contribution in [0.25, 0.3) is 10.4 Å². The van der Waals surface area contributed by atoms with Crippen molar-refractivity contribution in [3.8, 4) is 10.4 Å². The van der Waals surface area contributed by atoms with E-state index < -0.39 is 42.2 Å². The molecule has 0 aliphatic carbocycles. The van der Waals surface area contributed by atoms with E-state index >= 15 is 4.39 Å². The molecule has 5 rings (SSSR count). The number of nitrogens with zero attached hydrogens (tertiary/aromatic N) is 3. The molecule has 0 bridgehead atoms. The quantitative estimate of drug-likeness (QED) is 0.379. The molecule has 2 N–H and O–H groups in total. The molecule has 2 aliphatic heterocycles. The van der Waals surface area contributed by atoms with Gasteiger partial charge in [-0.3, -0.25) is 14.4 Å². The molecule has 0 spiro atoms. The van der Waals surface area contributed by atoms with E-state index in [1.165, 1.54) is 4.90 Å². The van der Waals surface area contributed by atoms with E-state index in [-0.39, 0.29) is 30.3 Å². The van der Waals surface area contributed by atoms with Gasteiger partial charge in [0.1, 0.15) is 18.2 Å². The standard InChI is InChI=1S/C34H41FN4O4S/c1-18(2)28(38-15-22-10-8-9-11-24(22)32(38)42)33(43)39-16-26(40)27(35)29(39)31(41)37-19(3)23-13-12-21(14-25(23)34(5,6)7)30-20(4)36-17-44-30/h8-14,17-19,26-29,40H,15-16H2,1-7H3,(H,37,41)/t19-,26-,27-,28?,29?/m0/s1. The second kappa shape index (κ2) is 12.0. The summed E-state index contributed by atoms with van der Waals surface area (Å²) in [5.74, 6) is -1.82. The number of rotatable bonds is 7. The number of hydrogen-bond donors (Lipinski definition) is 2. The predicted octanol–water partition coefficient (Wildman–Crippen LogP) is 5.18. The van der Waals surface area contributed by atoms with Crippen molar-refractivity contribution in [2.45, 2.75) is 90.8 Å². The summed E-state index contributed by atoms with van der Waals surface area (Å²) >= 11 is 1.57. The number of hydrogen-bond acceptors (Lipinski definition) is 6. The van der Waals surface area contributed by atoms with Gasteiger partial charge in [-0.25, -0.2) is 9.37 Å². The Balaban J connectivity index is 1.40. The number of aliphatic hydroxyl groups is 1. The van der Waals surface area contributed by atoms with Crippen LogP contribution in [0.2, 0.25) is 0 Å². The van der Waals surface area contributed by atoms with Gasteiger partial charge in [0.15, 0.2) is 6.17 Å². The summed E-state index contributed by atoms with van der Waals surface area (Å²) in [5, 5.41) is 13.5. The largest absolute Gasteiger partial charge is 0.388 e. The zero-order valence-electron chi connectivity index (χ0n) is 26.3. The third-order valence-electron chi connectivity index (χ3n) is 8.70. The van der Waals surface area contributed by atoms with Crippen molar-refractivity contribution in [1.82, 2.24) is 20.1 Å². The van der Waals surface area contributed by atoms with E-state index in [1.807, 2.05) is 57.5 Å². The highest BCUT2D eigenvalue weighted by Gasteiger charge is 2.51. The van der Waals surface area contributed by atoms with E-state index in [1.54, 1.807) is 23.5 Å². The van der Waals surface area contributed by atoms with Crippen molar-refractivity contribution in [3.05, 3.63) is 75.9 Å². The van der Waals surface area contributed by atoms with E-state index in [2.05, 4.69) is 37.1 Å². The van der Waals surface area contributed by atoms with Gasteiger partial charge in [0.2, 0.25) is 11.8 Å². The van der Waals surface area contributed by atoms with Crippen molar-refractivity contribution in [1.29, 1.82) is 0 Å². The van der Waals surface area contributed by atoms with Crippen molar-refractivity contribution >= 4 is 29.1 Å². The third-order valence-corrected chi connectivity index (χ3v) is 9.68. The van der Waals surface area contributed by atoms with Crippen LogP contribution in [0.3, 0.4) is 0 Å². The van der Waals surface area contributed by atoms with E-state index in [4.69, 9.17) is 0 Å². The Labute approximate surface area is 262 Å². The average Bonchev–Trinajstić information content (AvgIpc) is 3.63. The second-order valence-corrected chi connectivity index (χ2v) is 14.1. The minimum absolute atomic E-state index is 0.250. The van der Waals surface area contributed by atoms with E-state index in [9.17, 15) is 19.5 Å². The molecule has 3 heterocycles. The highest BCUT2D eigenvalue weighted by atomic mass is 32.1. The Morgan fingerprint density at radius 1 is 1.14 bits per heavy atom. The summed E-state index contributed by atoms with van der Waals surface area (Å²) < 4.78 is 15.6. The van der Waals surface area contributed by atoms with Crippen molar-refractivity contribution in [2.24, 2.45) is 5.92 Å². The first-order chi connectivity index (χ1) is 20.7. The zero-order chi connectivity index (χ0) is 32.1. The summed E-state index contributed by atoms with van der Waals surface area (Å²) in [4.78, 5) is 49.2. The Hall–Kier alpha value is -3.63. The number of carbonyl (C=O) groups is 3. The highest BCUT2D eigenvalue weighted by molar-refractivity contribution is 7.13. The topological polar surface area (TPSA) is 103 Å². The van der Waals surface area contributed by atoms with Crippen molar-refractivity contribution < 1.29 is 23.9 Å². The molecule has 1 saturated heterocycles. The number of amides is 3. The third kappa shape index (κ3) is 5.77. The molecule has 3 amide bonds. The molecule has 44 heavy (non-hydrogen) atoms. The summed E-state index contributed by atoms with van der Waals surface area (Å²) in [6.07, 6.45) is -3.49. The Morgan fingerprint density at radius 3 is 2.45 bits per heavy atom. The van der Waals surface area contributed by atoms with Crippen LogP contribution in [0.4, 0.5) is 4.39 Å². The number of nitrogens with one attached hydrogen (secondary N) is 1. The fraction of sp³-hybridized carbons (Fsp3) is 0.471. The summed E-state index contributed by atoms with van der Waals surface area (Å²) in [6, 6.07) is 10.3. The monoisotopic (exact) mass is 620 g/mol. The molecular formula is C34H41FN4O4S. The number of thiazole rings is 1. The number of aliphatic hydroxyl groups excluding tert-OH is 1. The molecule has 3 aromatic rings. The van der Waals surface area contributed by atoms with Crippen LogP contribution in [-0.4, -0.2) is 68.5 Å². The summed E-state index contributed by atoms with van der Waals surface area (Å²) in [6.45, 7) is 13.7. The van der Waals surface area contributed by atoms with Crippen LogP contribution in [0.1, 0.15) is 80.3 Å². The fourth-order valence-electron chi connectivity index (χ4n) is 6.44. The van der Waals surface area contributed by atoms with Crippen LogP contribution in [0.15, 0.2) is 48.0 Å². The number of benzene rings is 2. The van der Waals surface area contributed by atoms with Gasteiger partial charge in [-0.2, -0.15) is 0 Å². The molecule has 10 heteroatoms. The lowest BCUT2D eigenvalue weighted by atomic mass is 9.81. The second-order valence-electron chi connectivity index (χ2n) is 13.3. The Bertz CT molecular complexity index is 1580. The molecule has 1 aromatic heterocycles. The van der Waals surface area contributed by atoms with Gasteiger partial charge in [-0.1, -0.05) is 65.0 Å². The minimum Gasteiger partial charge on any atom is -0.388 e. The number of β-amino-alcohol motifs (C(OH)–C–C–N with tert-alkyl or cyclic N) is 1. The maximum absolute atomic E-state index is 15.6. The van der Waals surface area contributed by atoms with E-state index in [0.29, 0.717) is 5.56 Å². The lowest BCUT2D eigenvalue weighted by Gasteiger charge is -2.35. The summed E-state index contributed by atoms with van der Waals surface area (Å²) in [7, 11) is 0. The normalized spacial score (nSPS) is 21.5. The Morgan fingerprint density at radius 2 is 1.84 bits per heavy atom. The highest BCUT2D eigenvalue weighted by Crippen LogP contribution is 2.36. The maximum atomic E-state index is 15.6. The molecular weight excluding hydrogens is 579 g/mol. The smallest absolute Gasteiger partial charge is 0.255 e. The number of halogens is 1. The van der Waals surface area contributed by atoms with Crippen LogP contribution < -0.4 is 5.32 Å². The zero-order valence-corrected chi connectivity index (χ0v) is 27.1. The van der Waals surface area contributed by atoms with Gasteiger partial charge in [-0.05, 0) is 59.6 Å². The van der Waals surface area contributed by atoms with Gasteiger partial charge < -0.3 is 20.2 Å². The number of carbonyl (C=O) groups excluding carboxylic acids is 3. The number of fused-ring (bicyclic) bond motifs is 1. The van der Waals surface area contributed by atoms with E-state index in [0.717, 1.165) is 37.7 Å². The number of alkyl halides is 1. The molecule has 1 fully saturated rings.